The molecule has 0 unspecified atom stereocenters. The van der Waals surface area contributed by atoms with Gasteiger partial charge in [-0.15, -0.1) is 0 Å². The third-order valence-electron chi connectivity index (χ3n) is 3.21. The third-order valence-corrected chi connectivity index (χ3v) is 3.21. The standard InChI is InChI=1S/C15H15N3/c1-10-6-7-18-12(3)15(17-14(18)8-10)13-5-4-11(2)16-9-13/h4-9H,1-3H3. The number of aromatic nitrogens is 3. The molecule has 0 aliphatic heterocycles. The monoisotopic (exact) mass is 237 g/mol. The van der Waals surface area contributed by atoms with E-state index in [4.69, 9.17) is 4.98 Å². The van der Waals surface area contributed by atoms with Crippen molar-refractivity contribution in [2.24, 2.45) is 0 Å². The Morgan fingerprint density at radius 3 is 2.61 bits per heavy atom. The van der Waals surface area contributed by atoms with Crippen LogP contribution in [-0.4, -0.2) is 14.4 Å². The van der Waals surface area contributed by atoms with Gasteiger partial charge in [-0.2, -0.15) is 0 Å². The van der Waals surface area contributed by atoms with E-state index in [-0.39, 0.29) is 0 Å². The van der Waals surface area contributed by atoms with Crippen LogP contribution in [0.3, 0.4) is 0 Å². The molecule has 0 radical (unpaired) electrons. The Morgan fingerprint density at radius 2 is 1.89 bits per heavy atom. The molecule has 3 heterocycles. The van der Waals surface area contributed by atoms with Crippen LogP contribution in [0.5, 0.6) is 0 Å². The Labute approximate surface area is 106 Å². The van der Waals surface area contributed by atoms with E-state index in [0.29, 0.717) is 0 Å². The Morgan fingerprint density at radius 1 is 1.06 bits per heavy atom. The maximum atomic E-state index is 4.70. The predicted octanol–water partition coefficient (Wildman–Crippen LogP) is 3.32. The number of aryl methyl sites for hydroxylation is 3. The zero-order chi connectivity index (χ0) is 12.7. The summed E-state index contributed by atoms with van der Waals surface area (Å²) in [5.74, 6) is 0. The molecule has 18 heavy (non-hydrogen) atoms. The second-order valence-corrected chi connectivity index (χ2v) is 4.67. The smallest absolute Gasteiger partial charge is 0.137 e. The minimum absolute atomic E-state index is 0.989. The summed E-state index contributed by atoms with van der Waals surface area (Å²) in [4.78, 5) is 9.03. The van der Waals surface area contributed by atoms with Crippen molar-refractivity contribution in [2.75, 3.05) is 0 Å². The molecule has 0 atom stereocenters. The lowest BCUT2D eigenvalue weighted by Gasteiger charge is -1.99. The van der Waals surface area contributed by atoms with E-state index in [1.807, 2.05) is 19.2 Å². The van der Waals surface area contributed by atoms with Crippen LogP contribution in [0.15, 0.2) is 36.7 Å². The van der Waals surface area contributed by atoms with Gasteiger partial charge in [-0.05, 0) is 50.6 Å². The summed E-state index contributed by atoms with van der Waals surface area (Å²) in [5.41, 5.74) is 6.46. The number of nitrogens with zero attached hydrogens (tertiary/aromatic N) is 3. The number of hydrogen-bond acceptors (Lipinski definition) is 2. The highest BCUT2D eigenvalue weighted by atomic mass is 15.0. The lowest BCUT2D eigenvalue weighted by atomic mass is 10.2. The molecular weight excluding hydrogens is 222 g/mol. The molecule has 0 N–H and O–H groups in total. The number of hydrogen-bond donors (Lipinski definition) is 0. The van der Waals surface area contributed by atoms with Crippen LogP contribution in [0.4, 0.5) is 0 Å². The first-order valence-corrected chi connectivity index (χ1v) is 6.03. The molecule has 0 aliphatic carbocycles. The van der Waals surface area contributed by atoms with Crippen LogP contribution < -0.4 is 0 Å². The van der Waals surface area contributed by atoms with Crippen molar-refractivity contribution in [3.63, 3.8) is 0 Å². The average molecular weight is 237 g/mol. The first-order chi connectivity index (χ1) is 8.65. The maximum Gasteiger partial charge on any atom is 0.137 e. The summed E-state index contributed by atoms with van der Waals surface area (Å²) in [5, 5.41) is 0. The first-order valence-electron chi connectivity index (χ1n) is 6.03. The lowest BCUT2D eigenvalue weighted by molar-refractivity contribution is 1.10. The van der Waals surface area contributed by atoms with Gasteiger partial charge < -0.3 is 4.40 Å². The summed E-state index contributed by atoms with van der Waals surface area (Å²) >= 11 is 0. The van der Waals surface area contributed by atoms with E-state index in [2.05, 4.69) is 47.6 Å². The molecule has 0 saturated heterocycles. The Balaban J connectivity index is 2.23. The highest BCUT2D eigenvalue weighted by molar-refractivity contribution is 5.65. The molecule has 0 aromatic carbocycles. The van der Waals surface area contributed by atoms with Gasteiger partial charge in [0.2, 0.25) is 0 Å². The van der Waals surface area contributed by atoms with Crippen molar-refractivity contribution in [3.05, 3.63) is 53.6 Å². The molecule has 90 valence electrons. The normalized spacial score (nSPS) is 11.1. The van der Waals surface area contributed by atoms with Gasteiger partial charge >= 0.3 is 0 Å². The van der Waals surface area contributed by atoms with Crippen LogP contribution in [-0.2, 0) is 0 Å². The summed E-state index contributed by atoms with van der Waals surface area (Å²) in [6, 6.07) is 8.28. The highest BCUT2D eigenvalue weighted by Gasteiger charge is 2.10. The molecule has 0 fully saturated rings. The minimum atomic E-state index is 0.989. The Hall–Kier alpha value is -2.16. The topological polar surface area (TPSA) is 30.2 Å². The van der Waals surface area contributed by atoms with E-state index in [1.54, 1.807) is 0 Å². The van der Waals surface area contributed by atoms with Gasteiger partial charge in [0.25, 0.3) is 0 Å². The van der Waals surface area contributed by atoms with Crippen molar-refractivity contribution >= 4 is 5.65 Å². The number of imidazole rings is 1. The molecule has 3 rings (SSSR count). The Kier molecular flexibility index (Phi) is 2.40. The van der Waals surface area contributed by atoms with Gasteiger partial charge in [-0.3, -0.25) is 4.98 Å². The van der Waals surface area contributed by atoms with Crippen LogP contribution in [0.1, 0.15) is 17.0 Å². The fourth-order valence-corrected chi connectivity index (χ4v) is 2.15. The molecule has 0 bridgehead atoms. The van der Waals surface area contributed by atoms with Gasteiger partial charge in [-0.25, -0.2) is 4.98 Å². The fraction of sp³-hybridized carbons (Fsp3) is 0.200. The summed E-state index contributed by atoms with van der Waals surface area (Å²) in [6.45, 7) is 6.16. The van der Waals surface area contributed by atoms with E-state index in [9.17, 15) is 0 Å². The van der Waals surface area contributed by atoms with Gasteiger partial charge in [0, 0.05) is 29.3 Å². The molecule has 0 saturated carbocycles. The van der Waals surface area contributed by atoms with Gasteiger partial charge in [0.1, 0.15) is 5.65 Å². The molecular formula is C15H15N3. The largest absolute Gasteiger partial charge is 0.304 e. The first kappa shape index (κ1) is 11.0. The van der Waals surface area contributed by atoms with Crippen LogP contribution in [0, 0.1) is 20.8 Å². The lowest BCUT2D eigenvalue weighted by Crippen LogP contribution is -1.88. The summed E-state index contributed by atoms with van der Waals surface area (Å²) in [6.07, 6.45) is 3.95. The van der Waals surface area contributed by atoms with Crippen molar-refractivity contribution in [1.82, 2.24) is 14.4 Å². The van der Waals surface area contributed by atoms with Crippen LogP contribution >= 0.6 is 0 Å². The quantitative estimate of drug-likeness (QED) is 0.650. The van der Waals surface area contributed by atoms with Crippen molar-refractivity contribution in [3.8, 4) is 11.3 Å². The molecule has 3 aromatic rings. The van der Waals surface area contributed by atoms with Crippen molar-refractivity contribution in [2.45, 2.75) is 20.8 Å². The SMILES string of the molecule is Cc1ccn2c(C)c(-c3ccc(C)nc3)nc2c1. The third kappa shape index (κ3) is 1.68. The summed E-state index contributed by atoms with van der Waals surface area (Å²) in [7, 11) is 0. The van der Waals surface area contributed by atoms with E-state index in [1.165, 1.54) is 5.56 Å². The number of fused-ring (bicyclic) bond motifs is 1. The van der Waals surface area contributed by atoms with Gasteiger partial charge in [-0.1, -0.05) is 0 Å². The maximum absolute atomic E-state index is 4.70. The summed E-state index contributed by atoms with van der Waals surface area (Å²) < 4.78 is 2.11. The molecule has 0 aliphatic rings. The van der Waals surface area contributed by atoms with E-state index in [0.717, 1.165) is 28.3 Å². The molecule has 3 heteroatoms. The second kappa shape index (κ2) is 3.95. The second-order valence-electron chi connectivity index (χ2n) is 4.67. The number of pyridine rings is 2. The zero-order valence-corrected chi connectivity index (χ0v) is 10.8. The fourth-order valence-electron chi connectivity index (χ4n) is 2.15. The molecule has 3 aromatic heterocycles. The van der Waals surface area contributed by atoms with Gasteiger partial charge in [0.05, 0.1) is 5.69 Å². The van der Waals surface area contributed by atoms with Crippen LogP contribution in [0.25, 0.3) is 16.9 Å². The van der Waals surface area contributed by atoms with Crippen molar-refractivity contribution in [1.29, 1.82) is 0 Å². The minimum Gasteiger partial charge on any atom is -0.304 e. The molecule has 3 nitrogen and oxygen atoms in total. The predicted molar refractivity (Wildman–Crippen MR) is 72.6 cm³/mol. The average Bonchev–Trinajstić information content (AvgIpc) is 2.67. The number of rotatable bonds is 1. The van der Waals surface area contributed by atoms with E-state index < -0.39 is 0 Å². The van der Waals surface area contributed by atoms with Gasteiger partial charge in [0.15, 0.2) is 0 Å². The zero-order valence-electron chi connectivity index (χ0n) is 10.8. The van der Waals surface area contributed by atoms with Crippen molar-refractivity contribution < 1.29 is 0 Å². The molecule has 0 amide bonds. The van der Waals surface area contributed by atoms with E-state index >= 15 is 0 Å². The highest BCUT2D eigenvalue weighted by Crippen LogP contribution is 2.23. The molecule has 0 spiro atoms. The van der Waals surface area contributed by atoms with Crippen LogP contribution in [0.2, 0.25) is 0 Å². The Bertz CT molecular complexity index is 708.